The van der Waals surface area contributed by atoms with Crippen molar-refractivity contribution in [3.63, 3.8) is 0 Å². The Bertz CT molecular complexity index is 1210. The van der Waals surface area contributed by atoms with Crippen LogP contribution in [0.4, 0.5) is 13.2 Å². The summed E-state index contributed by atoms with van der Waals surface area (Å²) in [6, 6.07) is 15.4. The topological polar surface area (TPSA) is 88.0 Å². The van der Waals surface area contributed by atoms with Crippen molar-refractivity contribution in [2.75, 3.05) is 0 Å². The van der Waals surface area contributed by atoms with Crippen LogP contribution in [0.1, 0.15) is 37.4 Å². The van der Waals surface area contributed by atoms with E-state index >= 15 is 0 Å². The first-order valence-corrected chi connectivity index (χ1v) is 10.2. The zero-order valence-electron chi connectivity index (χ0n) is 16.8. The summed E-state index contributed by atoms with van der Waals surface area (Å²) in [6.45, 7) is 0.153. The van der Waals surface area contributed by atoms with Crippen LogP contribution in [0, 0.1) is 0 Å². The van der Waals surface area contributed by atoms with E-state index in [1.807, 2.05) is 0 Å². The molecule has 6 nitrogen and oxygen atoms in total. The smallest absolute Gasteiger partial charge is 0.416 e. The second-order valence-corrected chi connectivity index (χ2v) is 7.62. The van der Waals surface area contributed by atoms with Crippen molar-refractivity contribution in [2.45, 2.75) is 12.8 Å². The first-order chi connectivity index (χ1) is 15.6. The third kappa shape index (κ3) is 6.66. The molecule has 0 saturated heterocycles. The molecule has 0 radical (unpaired) electrons. The predicted octanol–water partition coefficient (Wildman–Crippen LogP) is 5.51. The van der Waals surface area contributed by atoms with Gasteiger partial charge in [-0.3, -0.25) is 4.79 Å². The van der Waals surface area contributed by atoms with Gasteiger partial charge in [0.2, 0.25) is 0 Å². The Morgan fingerprint density at radius 2 is 1.76 bits per heavy atom. The first-order valence-electron chi connectivity index (χ1n) is 9.39. The van der Waals surface area contributed by atoms with Gasteiger partial charge in [-0.2, -0.15) is 18.3 Å². The maximum absolute atomic E-state index is 12.8. The lowest BCUT2D eigenvalue weighted by atomic mass is 10.1. The minimum Gasteiger partial charge on any atom is -0.488 e. The van der Waals surface area contributed by atoms with Gasteiger partial charge in [0.15, 0.2) is 0 Å². The summed E-state index contributed by atoms with van der Waals surface area (Å²) in [5.41, 5.74) is 2.53. The number of hydrogen-bond donors (Lipinski definition) is 2. The fourth-order valence-corrected chi connectivity index (χ4v) is 3.25. The lowest BCUT2D eigenvalue weighted by Gasteiger charge is -2.09. The highest BCUT2D eigenvalue weighted by molar-refractivity contribution is 9.10. The number of benzene rings is 3. The number of alkyl halides is 3. The lowest BCUT2D eigenvalue weighted by Crippen LogP contribution is -2.18. The average molecular weight is 521 g/mol. The van der Waals surface area contributed by atoms with Gasteiger partial charge in [-0.05, 0) is 75.6 Å². The van der Waals surface area contributed by atoms with E-state index in [1.165, 1.54) is 24.4 Å². The van der Waals surface area contributed by atoms with Crippen LogP contribution in [0.5, 0.6) is 5.75 Å². The Balaban J connectivity index is 1.60. The van der Waals surface area contributed by atoms with E-state index in [0.29, 0.717) is 21.3 Å². The highest BCUT2D eigenvalue weighted by atomic mass is 79.9. The molecule has 0 spiro atoms. The molecule has 0 saturated carbocycles. The molecule has 0 aliphatic carbocycles. The number of nitrogens with one attached hydrogen (secondary N) is 1. The van der Waals surface area contributed by atoms with Crippen LogP contribution in [0.15, 0.2) is 76.3 Å². The van der Waals surface area contributed by atoms with Crippen LogP contribution < -0.4 is 10.2 Å². The molecule has 3 aromatic rings. The van der Waals surface area contributed by atoms with Gasteiger partial charge in [0.1, 0.15) is 12.4 Å². The van der Waals surface area contributed by atoms with Gasteiger partial charge in [-0.1, -0.05) is 18.2 Å². The molecule has 2 N–H and O–H groups in total. The number of carbonyl (C=O) groups excluding carboxylic acids is 1. The van der Waals surface area contributed by atoms with Crippen LogP contribution >= 0.6 is 15.9 Å². The monoisotopic (exact) mass is 520 g/mol. The molecule has 10 heteroatoms. The van der Waals surface area contributed by atoms with Crippen molar-refractivity contribution >= 4 is 34.0 Å². The first kappa shape index (κ1) is 24.0. The van der Waals surface area contributed by atoms with E-state index in [-0.39, 0.29) is 17.7 Å². The van der Waals surface area contributed by atoms with Crippen LogP contribution in [0.3, 0.4) is 0 Å². The van der Waals surface area contributed by atoms with Crippen molar-refractivity contribution in [3.05, 3.63) is 99.0 Å². The van der Waals surface area contributed by atoms with E-state index < -0.39 is 23.6 Å². The number of ether oxygens (including phenoxy) is 1. The summed E-state index contributed by atoms with van der Waals surface area (Å²) in [5, 5.41) is 12.8. The number of amides is 1. The van der Waals surface area contributed by atoms with Gasteiger partial charge >= 0.3 is 12.1 Å². The predicted molar refractivity (Wildman–Crippen MR) is 118 cm³/mol. The van der Waals surface area contributed by atoms with Crippen molar-refractivity contribution in [2.24, 2.45) is 5.10 Å². The molecule has 0 unspecified atom stereocenters. The molecule has 33 heavy (non-hydrogen) atoms. The number of rotatable bonds is 7. The van der Waals surface area contributed by atoms with Gasteiger partial charge in [-0.15, -0.1) is 0 Å². The molecular weight excluding hydrogens is 505 g/mol. The molecule has 1 amide bonds. The summed E-state index contributed by atoms with van der Waals surface area (Å²) in [6.07, 6.45) is -3.22. The number of nitrogens with zero attached hydrogens (tertiary/aromatic N) is 1. The molecule has 0 fully saturated rings. The Morgan fingerprint density at radius 3 is 2.45 bits per heavy atom. The van der Waals surface area contributed by atoms with Gasteiger partial charge < -0.3 is 9.84 Å². The lowest BCUT2D eigenvalue weighted by molar-refractivity contribution is -0.137. The third-order valence-electron chi connectivity index (χ3n) is 4.36. The van der Waals surface area contributed by atoms with E-state index in [2.05, 4.69) is 26.5 Å². The van der Waals surface area contributed by atoms with Crippen molar-refractivity contribution < 1.29 is 32.6 Å². The normalized spacial score (nSPS) is 11.4. The molecule has 0 aliphatic heterocycles. The number of carboxylic acids is 1. The van der Waals surface area contributed by atoms with Crippen LogP contribution in [0.2, 0.25) is 0 Å². The Hall–Kier alpha value is -3.66. The van der Waals surface area contributed by atoms with Crippen LogP contribution in [-0.4, -0.2) is 23.2 Å². The summed E-state index contributed by atoms with van der Waals surface area (Å²) >= 11 is 3.37. The third-order valence-corrected chi connectivity index (χ3v) is 4.98. The minimum atomic E-state index is -4.55. The highest BCUT2D eigenvalue weighted by Crippen LogP contribution is 2.29. The van der Waals surface area contributed by atoms with Crippen molar-refractivity contribution in [3.8, 4) is 5.75 Å². The molecule has 0 aromatic heterocycles. The van der Waals surface area contributed by atoms with Crippen molar-refractivity contribution in [1.29, 1.82) is 0 Å². The number of hydrogen-bond acceptors (Lipinski definition) is 4. The van der Waals surface area contributed by atoms with Gasteiger partial charge in [-0.25, -0.2) is 10.2 Å². The molecule has 0 aliphatic rings. The van der Waals surface area contributed by atoms with Crippen LogP contribution in [-0.2, 0) is 12.8 Å². The average Bonchev–Trinajstić information content (AvgIpc) is 2.78. The Morgan fingerprint density at radius 1 is 1.03 bits per heavy atom. The Labute approximate surface area is 194 Å². The SMILES string of the molecule is O=C(O)c1cccc(COc2ccc(/C=N\NC(=O)c3cccc(C(F)(F)F)c3)cc2Br)c1. The Kier molecular flexibility index (Phi) is 7.49. The molecular formula is C23H16BrF3N2O4. The molecule has 0 bridgehead atoms. The molecule has 3 aromatic carbocycles. The fourth-order valence-electron chi connectivity index (χ4n) is 2.74. The summed E-state index contributed by atoms with van der Waals surface area (Å²) in [5.74, 6) is -1.30. The maximum atomic E-state index is 12.8. The molecule has 3 rings (SSSR count). The quantitative estimate of drug-likeness (QED) is 0.317. The van der Waals surface area contributed by atoms with E-state index in [9.17, 15) is 22.8 Å². The van der Waals surface area contributed by atoms with Gasteiger partial charge in [0.25, 0.3) is 5.91 Å². The molecule has 0 atom stereocenters. The largest absolute Gasteiger partial charge is 0.488 e. The zero-order chi connectivity index (χ0) is 24.0. The zero-order valence-corrected chi connectivity index (χ0v) is 18.4. The van der Waals surface area contributed by atoms with E-state index in [4.69, 9.17) is 9.84 Å². The molecule has 0 heterocycles. The minimum absolute atomic E-state index is 0.153. The van der Waals surface area contributed by atoms with Gasteiger partial charge in [0, 0.05) is 5.56 Å². The van der Waals surface area contributed by atoms with E-state index in [1.54, 1.807) is 30.3 Å². The molecule has 170 valence electrons. The standard InChI is InChI=1S/C23H16BrF3N2O4/c24-19-10-14(7-8-20(19)33-13-15-3-1-5-17(9-15)22(31)32)12-28-29-21(30)16-4-2-6-18(11-16)23(25,26)27/h1-12H,13H2,(H,29,30)(H,31,32)/b28-12-. The maximum Gasteiger partial charge on any atom is 0.416 e. The highest BCUT2D eigenvalue weighted by Gasteiger charge is 2.30. The number of aromatic carboxylic acids is 1. The van der Waals surface area contributed by atoms with E-state index in [0.717, 1.165) is 18.2 Å². The summed E-state index contributed by atoms with van der Waals surface area (Å²) in [7, 11) is 0. The second kappa shape index (κ2) is 10.3. The second-order valence-electron chi connectivity index (χ2n) is 6.76. The summed E-state index contributed by atoms with van der Waals surface area (Å²) < 4.78 is 44.6. The summed E-state index contributed by atoms with van der Waals surface area (Å²) in [4.78, 5) is 23.1. The van der Waals surface area contributed by atoms with Crippen LogP contribution in [0.25, 0.3) is 0 Å². The number of halogens is 4. The number of carbonyl (C=O) groups is 2. The number of hydrazone groups is 1. The van der Waals surface area contributed by atoms with Crippen molar-refractivity contribution in [1.82, 2.24) is 5.43 Å². The fraction of sp³-hybridized carbons (Fsp3) is 0.0870. The van der Waals surface area contributed by atoms with Gasteiger partial charge in [0.05, 0.1) is 21.8 Å². The number of carboxylic acid groups (broad SMARTS) is 1.